The zero-order valence-electron chi connectivity index (χ0n) is 28.5. The van der Waals surface area contributed by atoms with E-state index in [2.05, 4.69) is 43.5 Å². The lowest BCUT2D eigenvalue weighted by Crippen LogP contribution is -2.46. The second kappa shape index (κ2) is 31.5. The summed E-state index contributed by atoms with van der Waals surface area (Å²) in [5, 5.41) is 13.1. The van der Waals surface area contributed by atoms with E-state index in [0.717, 1.165) is 44.9 Å². The van der Waals surface area contributed by atoms with Crippen LogP contribution in [-0.4, -0.2) is 41.9 Å². The average Bonchev–Trinajstić information content (AvgIpc) is 2.98. The van der Waals surface area contributed by atoms with E-state index in [0.29, 0.717) is 6.42 Å². The van der Waals surface area contributed by atoms with Gasteiger partial charge in [0.25, 0.3) is 10.1 Å². The van der Waals surface area contributed by atoms with Crippen LogP contribution in [0.3, 0.4) is 0 Å². The van der Waals surface area contributed by atoms with E-state index in [9.17, 15) is 22.9 Å². The summed E-state index contributed by atoms with van der Waals surface area (Å²) in [5.74, 6) is -1.01. The van der Waals surface area contributed by atoms with Crippen LogP contribution in [0.25, 0.3) is 0 Å². The first kappa shape index (κ1) is 42.6. The summed E-state index contributed by atoms with van der Waals surface area (Å²) >= 11 is 0. The van der Waals surface area contributed by atoms with Crippen LogP contribution in [0.5, 0.6) is 0 Å². The summed E-state index contributed by atoms with van der Waals surface area (Å²) in [6, 6.07) is -1.07. The number of rotatable bonds is 32. The van der Waals surface area contributed by atoms with Crippen LogP contribution >= 0.6 is 0 Å². The molecule has 0 rings (SSSR count). The summed E-state index contributed by atoms with van der Waals surface area (Å²) in [4.78, 5) is 12.4. The lowest BCUT2D eigenvalue weighted by atomic mass is 10.0. The second-order valence-electron chi connectivity index (χ2n) is 12.5. The maximum atomic E-state index is 12.4. The Morgan fingerprint density at radius 2 is 0.977 bits per heavy atom. The number of allylic oxidation sites excluding steroid dienone is 5. The molecule has 0 aromatic heterocycles. The van der Waals surface area contributed by atoms with Crippen LogP contribution in [0.1, 0.15) is 174 Å². The molecule has 258 valence electrons. The van der Waals surface area contributed by atoms with Crippen LogP contribution in [0.2, 0.25) is 0 Å². The third-order valence-corrected chi connectivity index (χ3v) is 8.81. The van der Waals surface area contributed by atoms with Crippen molar-refractivity contribution in [2.24, 2.45) is 0 Å². The summed E-state index contributed by atoms with van der Waals surface area (Å²) < 4.78 is 32.3. The molecule has 0 radical (unpaired) electrons. The molecule has 3 N–H and O–H groups in total. The van der Waals surface area contributed by atoms with Gasteiger partial charge in [-0.15, -0.1) is 0 Å². The molecule has 0 saturated carbocycles. The quantitative estimate of drug-likeness (QED) is 0.0386. The molecule has 0 heterocycles. The van der Waals surface area contributed by atoms with Crippen molar-refractivity contribution < 1.29 is 22.9 Å². The molecule has 0 aliphatic heterocycles. The van der Waals surface area contributed by atoms with Gasteiger partial charge in [0.2, 0.25) is 5.91 Å². The van der Waals surface area contributed by atoms with Gasteiger partial charge in [-0.05, 0) is 38.5 Å². The van der Waals surface area contributed by atoms with E-state index in [1.807, 2.05) is 0 Å². The van der Waals surface area contributed by atoms with Gasteiger partial charge in [-0.1, -0.05) is 166 Å². The third-order valence-electron chi connectivity index (χ3n) is 8.03. The van der Waals surface area contributed by atoms with E-state index in [1.54, 1.807) is 6.08 Å². The number of aliphatic hydroxyl groups excluding tert-OH is 1. The van der Waals surface area contributed by atoms with Crippen molar-refractivity contribution in [1.29, 1.82) is 0 Å². The van der Waals surface area contributed by atoms with Crippen LogP contribution in [0.4, 0.5) is 0 Å². The Bertz CT molecular complexity index is 837. The van der Waals surface area contributed by atoms with Gasteiger partial charge >= 0.3 is 0 Å². The first-order valence-electron chi connectivity index (χ1n) is 18.2. The number of nitrogens with one attached hydrogen (secondary N) is 1. The Hall–Kier alpha value is -1.44. The van der Waals surface area contributed by atoms with Gasteiger partial charge in [-0.2, -0.15) is 8.42 Å². The van der Waals surface area contributed by atoms with Crippen LogP contribution in [0.15, 0.2) is 36.5 Å². The van der Waals surface area contributed by atoms with Crippen molar-refractivity contribution in [3.05, 3.63) is 36.5 Å². The standard InChI is InChI=1S/C37H69NO5S/c1-3-5-7-9-11-13-15-16-17-18-19-20-21-23-25-27-29-31-33-37(40)38-35(34-44(41,42)43)36(39)32-30-28-26-24-22-14-12-10-8-6-4-2/h8,10,22,24,30,32,35-36,39H,3-7,9,11-21,23,25-29,31,33-34H2,1-2H3,(H,38,40)(H,41,42,43)/b10-8+,24-22+,32-30+. The highest BCUT2D eigenvalue weighted by Gasteiger charge is 2.24. The number of carbonyl (C=O) groups is 1. The van der Waals surface area contributed by atoms with Crippen molar-refractivity contribution in [3.63, 3.8) is 0 Å². The molecule has 2 atom stereocenters. The number of hydrogen-bond acceptors (Lipinski definition) is 4. The van der Waals surface area contributed by atoms with Gasteiger partial charge in [0, 0.05) is 6.42 Å². The molecule has 0 aromatic rings. The third kappa shape index (κ3) is 32.0. The van der Waals surface area contributed by atoms with Crippen LogP contribution in [-0.2, 0) is 14.9 Å². The van der Waals surface area contributed by atoms with Gasteiger partial charge < -0.3 is 10.4 Å². The summed E-state index contributed by atoms with van der Waals surface area (Å²) in [5.41, 5.74) is 0. The number of carbonyl (C=O) groups excluding carboxylic acids is 1. The molecular formula is C37H69NO5S. The van der Waals surface area contributed by atoms with Crippen molar-refractivity contribution in [1.82, 2.24) is 5.32 Å². The monoisotopic (exact) mass is 639 g/mol. The first-order valence-corrected chi connectivity index (χ1v) is 19.8. The van der Waals surface area contributed by atoms with Gasteiger partial charge in [-0.3, -0.25) is 9.35 Å². The zero-order valence-corrected chi connectivity index (χ0v) is 29.3. The molecule has 0 bridgehead atoms. The van der Waals surface area contributed by atoms with E-state index in [4.69, 9.17) is 0 Å². The normalized spacial score (nSPS) is 13.8. The molecule has 0 saturated heterocycles. The molecular weight excluding hydrogens is 570 g/mol. The van der Waals surface area contributed by atoms with Gasteiger partial charge in [0.15, 0.2) is 0 Å². The molecule has 2 unspecified atom stereocenters. The Balaban J connectivity index is 3.95. The first-order chi connectivity index (χ1) is 21.3. The van der Waals surface area contributed by atoms with E-state index >= 15 is 0 Å². The SMILES string of the molecule is CCC/C=C/CC/C=C/CC/C=C/C(O)C(CS(=O)(=O)O)NC(=O)CCCCCCCCCCCCCCCCCCCC. The maximum absolute atomic E-state index is 12.4. The molecule has 44 heavy (non-hydrogen) atoms. The summed E-state index contributed by atoms with van der Waals surface area (Å²) in [6.45, 7) is 4.43. The average molecular weight is 640 g/mol. The van der Waals surface area contributed by atoms with E-state index in [-0.39, 0.29) is 12.3 Å². The number of amides is 1. The van der Waals surface area contributed by atoms with Crippen molar-refractivity contribution in [2.45, 2.75) is 187 Å². The summed E-state index contributed by atoms with van der Waals surface area (Å²) in [7, 11) is -4.35. The highest BCUT2D eigenvalue weighted by atomic mass is 32.2. The van der Waals surface area contributed by atoms with Gasteiger partial charge in [0.05, 0.1) is 17.9 Å². The fourth-order valence-electron chi connectivity index (χ4n) is 5.31. The lowest BCUT2D eigenvalue weighted by Gasteiger charge is -2.21. The Morgan fingerprint density at radius 1 is 0.591 bits per heavy atom. The van der Waals surface area contributed by atoms with Gasteiger partial charge in [0.1, 0.15) is 0 Å². The number of unbranched alkanes of at least 4 members (excludes halogenated alkanes) is 20. The minimum absolute atomic E-state index is 0.287. The van der Waals surface area contributed by atoms with E-state index < -0.39 is 28.0 Å². The minimum atomic E-state index is -4.35. The maximum Gasteiger partial charge on any atom is 0.267 e. The largest absolute Gasteiger partial charge is 0.387 e. The fourth-order valence-corrected chi connectivity index (χ4v) is 6.05. The van der Waals surface area contributed by atoms with Crippen LogP contribution < -0.4 is 5.32 Å². The molecule has 0 aliphatic carbocycles. The Morgan fingerprint density at radius 3 is 1.39 bits per heavy atom. The predicted molar refractivity (Wildman–Crippen MR) is 189 cm³/mol. The predicted octanol–water partition coefficient (Wildman–Crippen LogP) is 10.2. The molecule has 0 aliphatic rings. The van der Waals surface area contributed by atoms with Crippen molar-refractivity contribution in [3.8, 4) is 0 Å². The fraction of sp³-hybridized carbons (Fsp3) is 0.811. The molecule has 0 aromatic carbocycles. The minimum Gasteiger partial charge on any atom is -0.387 e. The number of hydrogen-bond donors (Lipinski definition) is 3. The molecule has 0 spiro atoms. The number of aliphatic hydroxyl groups is 1. The molecule has 1 amide bonds. The topological polar surface area (TPSA) is 104 Å². The lowest BCUT2D eigenvalue weighted by molar-refractivity contribution is -0.122. The van der Waals surface area contributed by atoms with Crippen molar-refractivity contribution >= 4 is 16.0 Å². The molecule has 7 heteroatoms. The van der Waals surface area contributed by atoms with Gasteiger partial charge in [-0.25, -0.2) is 0 Å². The Labute approximate surface area is 272 Å². The molecule has 6 nitrogen and oxygen atoms in total. The van der Waals surface area contributed by atoms with Crippen LogP contribution in [0, 0.1) is 0 Å². The summed E-state index contributed by atoms with van der Waals surface area (Å²) in [6.07, 6.45) is 39.9. The second-order valence-corrected chi connectivity index (χ2v) is 14.0. The zero-order chi connectivity index (χ0) is 32.6. The Kier molecular flexibility index (Phi) is 30.5. The molecule has 0 fully saturated rings. The smallest absolute Gasteiger partial charge is 0.267 e. The van der Waals surface area contributed by atoms with Crippen molar-refractivity contribution in [2.75, 3.05) is 5.75 Å². The highest BCUT2D eigenvalue weighted by molar-refractivity contribution is 7.85. The van der Waals surface area contributed by atoms with E-state index in [1.165, 1.54) is 109 Å². The highest BCUT2D eigenvalue weighted by Crippen LogP contribution is 2.15.